The van der Waals surface area contributed by atoms with E-state index in [0.717, 1.165) is 24.0 Å². The monoisotopic (exact) mass is 161 g/mol. The van der Waals surface area contributed by atoms with Crippen LogP contribution in [0.4, 0.5) is 4.39 Å². The molecule has 1 aliphatic carbocycles. The lowest BCUT2D eigenvalue weighted by molar-refractivity contribution is 0.609. The molecule has 0 atom stereocenters. The fraction of sp³-hybridized carbons (Fsp3) is 0.273. The number of halogens is 1. The normalized spacial score (nSPS) is 16.1. The van der Waals surface area contributed by atoms with E-state index in [9.17, 15) is 4.39 Å². The quantitative estimate of drug-likeness (QED) is 0.625. The maximum atomic E-state index is 13.3. The molecule has 0 saturated heterocycles. The van der Waals surface area contributed by atoms with E-state index < -0.39 is 0 Å². The highest BCUT2D eigenvalue weighted by molar-refractivity contribution is 5.37. The summed E-state index contributed by atoms with van der Waals surface area (Å²) in [4.78, 5) is 0. The highest BCUT2D eigenvalue weighted by atomic mass is 19.1. The molecule has 0 bridgehead atoms. The van der Waals surface area contributed by atoms with Crippen LogP contribution in [0.3, 0.4) is 0 Å². The van der Waals surface area contributed by atoms with Crippen molar-refractivity contribution in [3.05, 3.63) is 47.8 Å². The molecule has 2 rings (SSSR count). The van der Waals surface area contributed by atoms with Gasteiger partial charge in [-0.25, -0.2) is 4.39 Å². The van der Waals surface area contributed by atoms with Crippen LogP contribution in [-0.4, -0.2) is 0 Å². The molecule has 1 fully saturated rings. The molecule has 0 N–H and O–H groups in total. The third-order valence-corrected chi connectivity index (χ3v) is 2.23. The van der Waals surface area contributed by atoms with Gasteiger partial charge in [0.15, 0.2) is 0 Å². The van der Waals surface area contributed by atoms with Crippen molar-refractivity contribution in [1.29, 1.82) is 0 Å². The van der Waals surface area contributed by atoms with Gasteiger partial charge in [0.2, 0.25) is 0 Å². The minimum atomic E-state index is -0.105. The van der Waals surface area contributed by atoms with Gasteiger partial charge < -0.3 is 0 Å². The zero-order valence-electron chi connectivity index (χ0n) is 6.81. The molecule has 1 heteroatoms. The Hall–Kier alpha value is -1.11. The van der Waals surface area contributed by atoms with E-state index >= 15 is 0 Å². The van der Waals surface area contributed by atoms with E-state index in [1.807, 2.05) is 6.07 Å². The Kier molecular flexibility index (Phi) is 1.72. The predicted octanol–water partition coefficient (Wildman–Crippen LogP) is 3.04. The van der Waals surface area contributed by atoms with Gasteiger partial charge in [-0.15, -0.1) is 0 Å². The number of rotatable bonds is 2. The van der Waals surface area contributed by atoms with Crippen LogP contribution in [0, 0.1) is 11.9 Å². The lowest BCUT2D eigenvalue weighted by atomic mass is 10.0. The Morgan fingerprint density at radius 1 is 1.42 bits per heavy atom. The molecule has 1 radical (unpaired) electrons. The highest BCUT2D eigenvalue weighted by Gasteiger charge is 2.28. The molecule has 0 aliphatic heterocycles. The second-order valence-electron chi connectivity index (χ2n) is 3.15. The summed E-state index contributed by atoms with van der Waals surface area (Å²) in [7, 11) is 0. The maximum absolute atomic E-state index is 13.3. The van der Waals surface area contributed by atoms with E-state index in [1.165, 1.54) is 6.07 Å². The van der Waals surface area contributed by atoms with Crippen molar-refractivity contribution < 1.29 is 4.39 Å². The van der Waals surface area contributed by atoms with Gasteiger partial charge in [-0.1, -0.05) is 18.7 Å². The summed E-state index contributed by atoms with van der Waals surface area (Å²) in [5, 5.41) is 0. The Morgan fingerprint density at radius 2 is 2.17 bits per heavy atom. The summed E-state index contributed by atoms with van der Waals surface area (Å²) < 4.78 is 13.3. The molecule has 1 aromatic carbocycles. The summed E-state index contributed by atoms with van der Waals surface area (Å²) in [5.41, 5.74) is 1.64. The lowest BCUT2D eigenvalue weighted by Gasteiger charge is -2.04. The molecular formula is C11H10F. The van der Waals surface area contributed by atoms with E-state index in [0.29, 0.717) is 5.92 Å². The van der Waals surface area contributed by atoms with Gasteiger partial charge in [0.1, 0.15) is 5.82 Å². The van der Waals surface area contributed by atoms with Gasteiger partial charge in [0.05, 0.1) is 0 Å². The van der Waals surface area contributed by atoms with Gasteiger partial charge in [-0.2, -0.15) is 0 Å². The van der Waals surface area contributed by atoms with Gasteiger partial charge in [0.25, 0.3) is 0 Å². The average Bonchev–Trinajstić information content (AvgIpc) is 2.87. The zero-order valence-corrected chi connectivity index (χ0v) is 6.81. The highest BCUT2D eigenvalue weighted by Crippen LogP contribution is 2.42. The topological polar surface area (TPSA) is 0 Å². The summed E-state index contributed by atoms with van der Waals surface area (Å²) >= 11 is 0. The van der Waals surface area contributed by atoms with Crippen molar-refractivity contribution in [2.75, 3.05) is 0 Å². The Bertz CT molecular complexity index is 311. The molecule has 0 amide bonds. The molecule has 1 saturated carbocycles. The fourth-order valence-corrected chi connectivity index (χ4v) is 1.48. The van der Waals surface area contributed by atoms with Gasteiger partial charge in [-0.05, 0) is 42.0 Å². The Morgan fingerprint density at radius 3 is 2.75 bits per heavy atom. The maximum Gasteiger partial charge on any atom is 0.127 e. The van der Waals surface area contributed by atoms with Crippen molar-refractivity contribution >= 4 is 0 Å². The molecule has 0 unspecified atom stereocenters. The average molecular weight is 161 g/mol. The molecular weight excluding hydrogens is 151 g/mol. The van der Waals surface area contributed by atoms with Crippen LogP contribution in [0.5, 0.6) is 0 Å². The molecule has 0 heterocycles. The Balaban J connectivity index is 2.52. The third-order valence-electron chi connectivity index (χ3n) is 2.23. The first-order chi connectivity index (χ1) is 5.83. The number of hydrogen-bond acceptors (Lipinski definition) is 0. The van der Waals surface area contributed by atoms with E-state index in [-0.39, 0.29) is 5.82 Å². The summed E-state index contributed by atoms with van der Waals surface area (Å²) in [5.74, 6) is 0.321. The van der Waals surface area contributed by atoms with Gasteiger partial charge in [-0.3, -0.25) is 0 Å². The lowest BCUT2D eigenvalue weighted by Crippen LogP contribution is -1.91. The summed E-state index contributed by atoms with van der Waals surface area (Å²) in [6.45, 7) is 3.55. The minimum Gasteiger partial charge on any atom is -0.207 e. The molecule has 61 valence electrons. The van der Waals surface area contributed by atoms with Gasteiger partial charge in [0, 0.05) is 0 Å². The van der Waals surface area contributed by atoms with Crippen LogP contribution in [0.25, 0.3) is 0 Å². The van der Waals surface area contributed by atoms with Crippen LogP contribution < -0.4 is 0 Å². The largest absolute Gasteiger partial charge is 0.207 e. The zero-order chi connectivity index (χ0) is 8.55. The smallest absolute Gasteiger partial charge is 0.127 e. The number of hydrogen-bond donors (Lipinski definition) is 0. The molecule has 0 spiro atoms. The van der Waals surface area contributed by atoms with E-state index in [1.54, 1.807) is 6.07 Å². The van der Waals surface area contributed by atoms with E-state index in [4.69, 9.17) is 0 Å². The molecule has 0 nitrogen and oxygen atoms in total. The Labute approximate surface area is 71.7 Å². The van der Waals surface area contributed by atoms with Crippen LogP contribution in [0.1, 0.15) is 29.9 Å². The van der Waals surface area contributed by atoms with Crippen molar-refractivity contribution in [1.82, 2.24) is 0 Å². The van der Waals surface area contributed by atoms with E-state index in [2.05, 4.69) is 12.7 Å². The SMILES string of the molecule is C=[C]c1cccc(F)c1C1CC1. The van der Waals surface area contributed by atoms with Crippen molar-refractivity contribution in [3.63, 3.8) is 0 Å². The summed E-state index contributed by atoms with van der Waals surface area (Å²) in [6.07, 6.45) is 4.98. The van der Waals surface area contributed by atoms with Crippen LogP contribution in [0.2, 0.25) is 0 Å². The van der Waals surface area contributed by atoms with Crippen molar-refractivity contribution in [2.45, 2.75) is 18.8 Å². The predicted molar refractivity (Wildman–Crippen MR) is 46.3 cm³/mol. The van der Waals surface area contributed by atoms with Gasteiger partial charge >= 0.3 is 0 Å². The van der Waals surface area contributed by atoms with Crippen molar-refractivity contribution in [2.24, 2.45) is 0 Å². The first-order valence-corrected chi connectivity index (χ1v) is 4.14. The third kappa shape index (κ3) is 1.15. The van der Waals surface area contributed by atoms with Crippen LogP contribution in [0.15, 0.2) is 24.8 Å². The van der Waals surface area contributed by atoms with Crippen LogP contribution >= 0.6 is 0 Å². The second kappa shape index (κ2) is 2.74. The van der Waals surface area contributed by atoms with Crippen LogP contribution in [-0.2, 0) is 0 Å². The first-order valence-electron chi connectivity index (χ1n) is 4.14. The summed E-state index contributed by atoms with van der Waals surface area (Å²) in [6, 6.07) is 5.08. The molecule has 1 aromatic rings. The fourth-order valence-electron chi connectivity index (χ4n) is 1.48. The molecule has 0 aromatic heterocycles. The molecule has 12 heavy (non-hydrogen) atoms. The first kappa shape index (κ1) is 7.53. The van der Waals surface area contributed by atoms with Crippen molar-refractivity contribution in [3.8, 4) is 0 Å². The minimum absolute atomic E-state index is 0.105. The molecule has 1 aliphatic rings. The number of benzene rings is 1. The standard InChI is InChI=1S/C11H10F/c1-2-8-4-3-5-10(12)11(8)9-6-7-9/h3-5,9H,1,6-7H2. The second-order valence-corrected chi connectivity index (χ2v) is 3.15.